The number of ether oxygens (including phenoxy) is 1. The lowest BCUT2D eigenvalue weighted by atomic mass is 9.93. The van der Waals surface area contributed by atoms with E-state index in [1.165, 1.54) is 12.8 Å². The molecule has 0 aromatic rings. The zero-order valence-electron chi connectivity index (χ0n) is 13.6. The predicted molar refractivity (Wildman–Crippen MR) is 83.6 cm³/mol. The molecule has 1 aliphatic carbocycles. The smallest absolute Gasteiger partial charge is 0.303 e. The summed E-state index contributed by atoms with van der Waals surface area (Å²) in [5.41, 5.74) is 0. The lowest BCUT2D eigenvalue weighted by Gasteiger charge is -2.35. The van der Waals surface area contributed by atoms with E-state index in [1.54, 1.807) is 0 Å². The number of carboxylic acid groups (broad SMARTS) is 1. The highest BCUT2D eigenvalue weighted by molar-refractivity contribution is 5.81. The predicted octanol–water partition coefficient (Wildman–Crippen LogP) is 2.83. The van der Waals surface area contributed by atoms with E-state index in [4.69, 9.17) is 9.84 Å². The van der Waals surface area contributed by atoms with Crippen LogP contribution in [0.4, 0.5) is 0 Å². The molecule has 0 radical (unpaired) electrons. The lowest BCUT2D eigenvalue weighted by Crippen LogP contribution is -2.46. The van der Waals surface area contributed by atoms with Crippen molar-refractivity contribution in [3.63, 3.8) is 0 Å². The van der Waals surface area contributed by atoms with Gasteiger partial charge in [0.05, 0.1) is 6.10 Å². The molecule has 1 saturated carbocycles. The number of aliphatic carboxylic acids is 1. The molecule has 1 saturated heterocycles. The Kier molecular flexibility index (Phi) is 6.68. The molecular weight excluding hydrogens is 282 g/mol. The molecule has 5 nitrogen and oxygen atoms in total. The van der Waals surface area contributed by atoms with Gasteiger partial charge in [-0.2, -0.15) is 0 Å². The molecule has 0 unspecified atom stereocenters. The fraction of sp³-hybridized carbons (Fsp3) is 0.882. The molecule has 0 bridgehead atoms. The van der Waals surface area contributed by atoms with Crippen LogP contribution in [0.3, 0.4) is 0 Å². The highest BCUT2D eigenvalue weighted by atomic mass is 16.5. The number of rotatable bonds is 7. The summed E-state index contributed by atoms with van der Waals surface area (Å²) >= 11 is 0. The van der Waals surface area contributed by atoms with Crippen LogP contribution in [-0.4, -0.2) is 47.2 Å². The zero-order valence-corrected chi connectivity index (χ0v) is 13.6. The zero-order chi connectivity index (χ0) is 15.9. The highest BCUT2D eigenvalue weighted by Gasteiger charge is 2.31. The Bertz CT molecular complexity index is 379. The van der Waals surface area contributed by atoms with Crippen LogP contribution in [0.15, 0.2) is 0 Å². The minimum atomic E-state index is -0.751. The summed E-state index contributed by atoms with van der Waals surface area (Å²) in [6, 6.07) is 0. The fourth-order valence-electron chi connectivity index (χ4n) is 3.62. The van der Waals surface area contributed by atoms with Gasteiger partial charge in [0, 0.05) is 19.5 Å². The molecule has 0 aromatic heterocycles. The van der Waals surface area contributed by atoms with Gasteiger partial charge >= 0.3 is 5.97 Å². The van der Waals surface area contributed by atoms with Gasteiger partial charge in [0.1, 0.15) is 6.10 Å². The van der Waals surface area contributed by atoms with Crippen LogP contribution in [-0.2, 0) is 14.3 Å². The van der Waals surface area contributed by atoms with Crippen LogP contribution in [0, 0.1) is 5.92 Å². The Hall–Kier alpha value is -1.10. The lowest BCUT2D eigenvalue weighted by molar-refractivity contribution is -0.149. The van der Waals surface area contributed by atoms with Crippen molar-refractivity contribution in [3.05, 3.63) is 0 Å². The maximum absolute atomic E-state index is 12.7. The molecular formula is C17H29NO4. The van der Waals surface area contributed by atoms with Gasteiger partial charge in [0.15, 0.2) is 0 Å². The standard InChI is InChI=1S/C17H29NO4/c1-2-15(22-14-7-3-4-8-14)17(21)18-11-5-6-13(12-18)9-10-16(19)20/h13-15H,2-12H2,1H3,(H,19,20)/t13-,15+/m0/s1. The van der Waals surface area contributed by atoms with Crippen molar-refractivity contribution >= 4 is 11.9 Å². The second kappa shape index (κ2) is 8.51. The molecule has 1 aliphatic heterocycles. The van der Waals surface area contributed by atoms with Crippen molar-refractivity contribution in [1.82, 2.24) is 4.90 Å². The summed E-state index contributed by atoms with van der Waals surface area (Å²) in [6.07, 6.45) is 8.06. The van der Waals surface area contributed by atoms with Gasteiger partial charge < -0.3 is 14.7 Å². The van der Waals surface area contributed by atoms with Crippen LogP contribution >= 0.6 is 0 Å². The van der Waals surface area contributed by atoms with Crippen molar-refractivity contribution in [3.8, 4) is 0 Å². The van der Waals surface area contributed by atoms with E-state index in [0.717, 1.165) is 32.2 Å². The molecule has 0 aromatic carbocycles. The Morgan fingerprint density at radius 3 is 2.59 bits per heavy atom. The molecule has 2 atom stereocenters. The van der Waals surface area contributed by atoms with Crippen molar-refractivity contribution in [2.75, 3.05) is 13.1 Å². The number of carbonyl (C=O) groups excluding carboxylic acids is 1. The largest absolute Gasteiger partial charge is 0.481 e. The Labute approximate surface area is 133 Å². The third-order valence-corrected chi connectivity index (χ3v) is 4.90. The highest BCUT2D eigenvalue weighted by Crippen LogP contribution is 2.25. The van der Waals surface area contributed by atoms with E-state index >= 15 is 0 Å². The maximum Gasteiger partial charge on any atom is 0.303 e. The normalized spacial score (nSPS) is 24.4. The monoisotopic (exact) mass is 311 g/mol. The molecule has 2 rings (SSSR count). The van der Waals surface area contributed by atoms with Crippen LogP contribution in [0.5, 0.6) is 0 Å². The average Bonchev–Trinajstić information content (AvgIpc) is 3.03. The molecule has 1 amide bonds. The first kappa shape index (κ1) is 17.3. The van der Waals surface area contributed by atoms with Crippen LogP contribution in [0.1, 0.15) is 64.7 Å². The van der Waals surface area contributed by atoms with Crippen molar-refractivity contribution < 1.29 is 19.4 Å². The first-order valence-corrected chi connectivity index (χ1v) is 8.76. The minimum absolute atomic E-state index is 0.106. The van der Waals surface area contributed by atoms with E-state index in [1.807, 2.05) is 11.8 Å². The summed E-state index contributed by atoms with van der Waals surface area (Å²) in [5, 5.41) is 8.80. The van der Waals surface area contributed by atoms with Crippen LogP contribution in [0.25, 0.3) is 0 Å². The van der Waals surface area contributed by atoms with Crippen molar-refractivity contribution in [2.45, 2.75) is 76.9 Å². The van der Waals surface area contributed by atoms with Crippen LogP contribution in [0.2, 0.25) is 0 Å². The number of piperidine rings is 1. The van der Waals surface area contributed by atoms with Gasteiger partial charge in [0.25, 0.3) is 5.91 Å². The van der Waals surface area contributed by atoms with Crippen molar-refractivity contribution in [2.24, 2.45) is 5.92 Å². The van der Waals surface area contributed by atoms with E-state index < -0.39 is 5.97 Å². The molecule has 126 valence electrons. The molecule has 22 heavy (non-hydrogen) atoms. The number of carboxylic acids is 1. The molecule has 1 N–H and O–H groups in total. The minimum Gasteiger partial charge on any atom is -0.481 e. The Morgan fingerprint density at radius 1 is 1.23 bits per heavy atom. The van der Waals surface area contributed by atoms with Gasteiger partial charge in [-0.25, -0.2) is 0 Å². The third kappa shape index (κ3) is 4.97. The van der Waals surface area contributed by atoms with Crippen LogP contribution < -0.4 is 0 Å². The summed E-state index contributed by atoms with van der Waals surface area (Å²) in [7, 11) is 0. The second-order valence-corrected chi connectivity index (χ2v) is 6.66. The van der Waals surface area contributed by atoms with E-state index in [9.17, 15) is 9.59 Å². The van der Waals surface area contributed by atoms with Gasteiger partial charge in [-0.1, -0.05) is 19.8 Å². The molecule has 1 heterocycles. The number of carbonyl (C=O) groups is 2. The SMILES string of the molecule is CC[C@@H](OC1CCCC1)C(=O)N1CCC[C@@H](CCC(=O)O)C1. The average molecular weight is 311 g/mol. The molecule has 2 aliphatic rings. The molecule has 2 fully saturated rings. The van der Waals surface area contributed by atoms with Gasteiger partial charge in [-0.05, 0) is 44.4 Å². The number of hydrogen-bond acceptors (Lipinski definition) is 3. The third-order valence-electron chi connectivity index (χ3n) is 4.90. The Balaban J connectivity index is 1.84. The van der Waals surface area contributed by atoms with E-state index in [0.29, 0.717) is 25.3 Å². The number of nitrogens with zero attached hydrogens (tertiary/aromatic N) is 1. The van der Waals surface area contributed by atoms with Crippen molar-refractivity contribution in [1.29, 1.82) is 0 Å². The summed E-state index contributed by atoms with van der Waals surface area (Å²) in [5.74, 6) is -0.327. The maximum atomic E-state index is 12.7. The second-order valence-electron chi connectivity index (χ2n) is 6.66. The first-order valence-electron chi connectivity index (χ1n) is 8.76. The van der Waals surface area contributed by atoms with E-state index in [2.05, 4.69) is 0 Å². The quantitative estimate of drug-likeness (QED) is 0.785. The van der Waals surface area contributed by atoms with Gasteiger partial charge in [-0.15, -0.1) is 0 Å². The van der Waals surface area contributed by atoms with E-state index in [-0.39, 0.29) is 24.5 Å². The number of likely N-dealkylation sites (tertiary alicyclic amines) is 1. The Morgan fingerprint density at radius 2 is 1.95 bits per heavy atom. The first-order chi connectivity index (χ1) is 10.6. The summed E-state index contributed by atoms with van der Waals surface area (Å²) < 4.78 is 6.02. The molecule has 0 spiro atoms. The number of hydrogen-bond donors (Lipinski definition) is 1. The fourth-order valence-corrected chi connectivity index (χ4v) is 3.62. The van der Waals surface area contributed by atoms with Gasteiger partial charge in [-0.3, -0.25) is 9.59 Å². The van der Waals surface area contributed by atoms with Gasteiger partial charge in [0.2, 0.25) is 0 Å². The summed E-state index contributed by atoms with van der Waals surface area (Å²) in [4.78, 5) is 25.3. The number of amides is 1. The summed E-state index contributed by atoms with van der Waals surface area (Å²) in [6.45, 7) is 3.48. The molecule has 5 heteroatoms. The topological polar surface area (TPSA) is 66.8 Å².